The van der Waals surface area contributed by atoms with Crippen LogP contribution in [0.2, 0.25) is 0 Å². The second-order valence-electron chi connectivity index (χ2n) is 5.85. The highest BCUT2D eigenvalue weighted by atomic mass is 35.5. The largest absolute Gasteiger partial charge is 0.416 e. The topological polar surface area (TPSA) is 15.3 Å². The Morgan fingerprint density at radius 3 is 2.25 bits per heavy atom. The molecule has 0 saturated carbocycles. The smallest absolute Gasteiger partial charge is 0.314 e. The Hall–Kier alpha value is -0.560. The van der Waals surface area contributed by atoms with Crippen molar-refractivity contribution in [3.63, 3.8) is 0 Å². The molecule has 0 aromatic heterocycles. The van der Waals surface area contributed by atoms with Gasteiger partial charge in [0.25, 0.3) is 0 Å². The van der Waals surface area contributed by atoms with Crippen LogP contribution in [0.4, 0.5) is 17.6 Å². The highest BCUT2D eigenvalue weighted by Crippen LogP contribution is 2.40. The number of piperazine rings is 1. The minimum absolute atomic E-state index is 0. The summed E-state index contributed by atoms with van der Waals surface area (Å²) >= 11 is 0. The summed E-state index contributed by atoms with van der Waals surface area (Å²) in [6.45, 7) is 6.70. The summed E-state index contributed by atoms with van der Waals surface area (Å²) in [5.41, 5.74) is -0.665. The van der Waals surface area contributed by atoms with Gasteiger partial charge in [0.2, 0.25) is 0 Å². The first-order valence-corrected chi connectivity index (χ1v) is 7.66. The second kappa shape index (κ2) is 9.80. The van der Waals surface area contributed by atoms with Gasteiger partial charge in [0.1, 0.15) is 5.82 Å². The third kappa shape index (κ3) is 5.48. The van der Waals surface area contributed by atoms with Gasteiger partial charge in [0.05, 0.1) is 5.56 Å². The molecule has 1 aliphatic heterocycles. The van der Waals surface area contributed by atoms with E-state index in [9.17, 15) is 17.6 Å². The molecule has 2 rings (SSSR count). The van der Waals surface area contributed by atoms with E-state index in [0.717, 1.165) is 37.7 Å². The van der Waals surface area contributed by atoms with Gasteiger partial charge in [-0.15, -0.1) is 24.8 Å². The van der Waals surface area contributed by atoms with Crippen molar-refractivity contribution in [2.24, 2.45) is 5.92 Å². The Labute approximate surface area is 152 Å². The van der Waals surface area contributed by atoms with E-state index in [1.807, 2.05) is 18.7 Å². The second-order valence-corrected chi connectivity index (χ2v) is 5.85. The standard InChI is InChI=1S/C16H22F4N2.2ClH/c1-3-11(2)15(22-8-6-21-7-9-22)13-10-12(17)4-5-14(13)16(18,19)20;;/h4-5,10-11,15,21H,3,6-9H2,1-2H3;2*1H/t11?,15-;;/m1../s1. The molecule has 0 bridgehead atoms. The third-order valence-electron chi connectivity index (χ3n) is 4.37. The van der Waals surface area contributed by atoms with Crippen LogP contribution in [0, 0.1) is 11.7 Å². The summed E-state index contributed by atoms with van der Waals surface area (Å²) in [4.78, 5) is 2.04. The molecule has 1 N–H and O–H groups in total. The lowest BCUT2D eigenvalue weighted by Gasteiger charge is -2.39. The van der Waals surface area contributed by atoms with Crippen LogP contribution < -0.4 is 5.32 Å². The van der Waals surface area contributed by atoms with Gasteiger partial charge < -0.3 is 5.32 Å². The summed E-state index contributed by atoms with van der Waals surface area (Å²) < 4.78 is 53.6. The summed E-state index contributed by atoms with van der Waals surface area (Å²) in [7, 11) is 0. The number of nitrogens with one attached hydrogen (secondary N) is 1. The molecule has 0 spiro atoms. The number of hydrogen-bond donors (Lipinski definition) is 1. The highest BCUT2D eigenvalue weighted by molar-refractivity contribution is 5.85. The van der Waals surface area contributed by atoms with Crippen LogP contribution in [0.15, 0.2) is 18.2 Å². The van der Waals surface area contributed by atoms with Crippen LogP contribution in [0.25, 0.3) is 0 Å². The van der Waals surface area contributed by atoms with Crippen molar-refractivity contribution >= 4 is 24.8 Å². The molecule has 24 heavy (non-hydrogen) atoms. The Bertz CT molecular complexity index is 505. The van der Waals surface area contributed by atoms with Gasteiger partial charge in [-0.25, -0.2) is 4.39 Å². The van der Waals surface area contributed by atoms with Crippen LogP contribution in [-0.4, -0.2) is 31.1 Å². The Kier molecular flexibility index (Phi) is 9.57. The molecule has 1 aromatic rings. The molecule has 0 radical (unpaired) electrons. The summed E-state index contributed by atoms with van der Waals surface area (Å²) in [6, 6.07) is 2.39. The van der Waals surface area contributed by atoms with Crippen molar-refractivity contribution in [2.75, 3.05) is 26.2 Å². The van der Waals surface area contributed by atoms with E-state index in [4.69, 9.17) is 0 Å². The van der Waals surface area contributed by atoms with E-state index in [1.165, 1.54) is 0 Å². The zero-order valence-corrected chi connectivity index (χ0v) is 15.3. The lowest BCUT2D eigenvalue weighted by atomic mass is 9.87. The number of alkyl halides is 3. The summed E-state index contributed by atoms with van der Waals surface area (Å²) in [5, 5.41) is 3.20. The molecule has 1 heterocycles. The van der Waals surface area contributed by atoms with Crippen LogP contribution >= 0.6 is 24.8 Å². The first-order valence-electron chi connectivity index (χ1n) is 7.66. The molecule has 1 unspecified atom stereocenters. The quantitative estimate of drug-likeness (QED) is 0.750. The maximum absolute atomic E-state index is 13.6. The van der Waals surface area contributed by atoms with E-state index in [1.54, 1.807) is 0 Å². The molecule has 1 fully saturated rings. The first-order chi connectivity index (χ1) is 10.3. The minimum atomic E-state index is -4.47. The van der Waals surface area contributed by atoms with Crippen molar-refractivity contribution in [3.05, 3.63) is 35.1 Å². The van der Waals surface area contributed by atoms with Crippen molar-refractivity contribution < 1.29 is 17.6 Å². The molecule has 2 atom stereocenters. The molecule has 1 aromatic carbocycles. The summed E-state index contributed by atoms with van der Waals surface area (Å²) in [5.74, 6) is -0.604. The van der Waals surface area contributed by atoms with E-state index >= 15 is 0 Å². The fourth-order valence-corrected chi connectivity index (χ4v) is 3.08. The highest BCUT2D eigenvalue weighted by Gasteiger charge is 2.38. The molecular weight excluding hydrogens is 367 g/mol. The monoisotopic (exact) mass is 390 g/mol. The number of benzene rings is 1. The Balaban J connectivity index is 0.00000264. The summed E-state index contributed by atoms with van der Waals surface area (Å²) in [6.07, 6.45) is -3.73. The zero-order valence-electron chi connectivity index (χ0n) is 13.7. The lowest BCUT2D eigenvalue weighted by Crippen LogP contribution is -2.47. The van der Waals surface area contributed by atoms with Gasteiger partial charge in [0.15, 0.2) is 0 Å². The van der Waals surface area contributed by atoms with E-state index in [-0.39, 0.29) is 36.3 Å². The molecule has 0 aliphatic carbocycles. The predicted molar refractivity (Wildman–Crippen MR) is 92.5 cm³/mol. The normalized spacial score (nSPS) is 18.2. The number of hydrogen-bond acceptors (Lipinski definition) is 2. The van der Waals surface area contributed by atoms with Gasteiger partial charge >= 0.3 is 6.18 Å². The minimum Gasteiger partial charge on any atom is -0.314 e. The Morgan fingerprint density at radius 2 is 1.75 bits per heavy atom. The maximum atomic E-state index is 13.6. The number of rotatable bonds is 4. The number of nitrogens with zero attached hydrogens (tertiary/aromatic N) is 1. The average Bonchev–Trinajstić information content (AvgIpc) is 2.47. The third-order valence-corrected chi connectivity index (χ3v) is 4.37. The lowest BCUT2D eigenvalue weighted by molar-refractivity contribution is -0.139. The fraction of sp³-hybridized carbons (Fsp3) is 0.625. The SMILES string of the molecule is CCC(C)[C@H](c1cc(F)ccc1C(F)(F)F)N1CCNCC1.Cl.Cl. The average molecular weight is 391 g/mol. The van der Waals surface area contributed by atoms with E-state index < -0.39 is 23.6 Å². The van der Waals surface area contributed by atoms with Crippen LogP contribution in [0.5, 0.6) is 0 Å². The van der Waals surface area contributed by atoms with Crippen LogP contribution in [-0.2, 0) is 6.18 Å². The van der Waals surface area contributed by atoms with Crippen LogP contribution in [0.3, 0.4) is 0 Å². The van der Waals surface area contributed by atoms with Gasteiger partial charge in [-0.05, 0) is 29.7 Å². The van der Waals surface area contributed by atoms with Crippen molar-refractivity contribution in [2.45, 2.75) is 32.5 Å². The van der Waals surface area contributed by atoms with Gasteiger partial charge in [-0.2, -0.15) is 13.2 Å². The predicted octanol–water partition coefficient (Wildman–Crippen LogP) is 4.68. The van der Waals surface area contributed by atoms with Crippen molar-refractivity contribution in [1.29, 1.82) is 0 Å². The Morgan fingerprint density at radius 1 is 1.17 bits per heavy atom. The molecule has 1 aliphatic rings. The molecule has 140 valence electrons. The molecule has 8 heteroatoms. The van der Waals surface area contributed by atoms with Gasteiger partial charge in [0, 0.05) is 32.2 Å². The number of halogens is 6. The molecular formula is C16H24Cl2F4N2. The molecule has 1 saturated heterocycles. The van der Waals surface area contributed by atoms with Crippen molar-refractivity contribution in [3.8, 4) is 0 Å². The fourth-order valence-electron chi connectivity index (χ4n) is 3.08. The van der Waals surface area contributed by atoms with Gasteiger partial charge in [-0.1, -0.05) is 20.3 Å². The van der Waals surface area contributed by atoms with E-state index in [0.29, 0.717) is 13.1 Å². The van der Waals surface area contributed by atoms with Crippen molar-refractivity contribution in [1.82, 2.24) is 10.2 Å². The van der Waals surface area contributed by atoms with E-state index in [2.05, 4.69) is 5.32 Å². The van der Waals surface area contributed by atoms with Crippen LogP contribution in [0.1, 0.15) is 37.4 Å². The zero-order chi connectivity index (χ0) is 16.3. The molecule has 0 amide bonds. The molecule has 2 nitrogen and oxygen atoms in total. The maximum Gasteiger partial charge on any atom is 0.416 e. The first kappa shape index (κ1) is 23.4. The van der Waals surface area contributed by atoms with Gasteiger partial charge in [-0.3, -0.25) is 4.90 Å².